The van der Waals surface area contributed by atoms with Gasteiger partial charge in [-0.25, -0.2) is 4.39 Å². The van der Waals surface area contributed by atoms with E-state index in [1.165, 1.54) is 13.2 Å². The van der Waals surface area contributed by atoms with E-state index in [0.717, 1.165) is 25.1 Å². The number of carbonyl (C=O) groups excluding carboxylic acids is 1. The molecule has 0 radical (unpaired) electrons. The van der Waals surface area contributed by atoms with Crippen LogP contribution in [0.5, 0.6) is 5.75 Å². The van der Waals surface area contributed by atoms with Gasteiger partial charge < -0.3 is 24.6 Å². The molecule has 3 aliphatic rings. The highest BCUT2D eigenvalue weighted by Gasteiger charge is 2.44. The number of methoxy groups -OCH3 is 1. The summed E-state index contributed by atoms with van der Waals surface area (Å²) in [5.41, 5.74) is 2.69. The van der Waals surface area contributed by atoms with E-state index in [1.807, 2.05) is 17.2 Å². The van der Waals surface area contributed by atoms with Crippen LogP contribution in [0, 0.1) is 11.7 Å². The Morgan fingerprint density at radius 3 is 2.65 bits per heavy atom. The van der Waals surface area contributed by atoms with Gasteiger partial charge in [-0.2, -0.15) is 0 Å². The average Bonchev–Trinajstić information content (AvgIpc) is 3.46. The maximum Gasteiger partial charge on any atom is 0.316 e. The molecule has 0 spiro atoms. The number of fused-ring (bicyclic) bond motifs is 2. The van der Waals surface area contributed by atoms with Crippen molar-refractivity contribution in [1.82, 2.24) is 9.88 Å². The van der Waals surface area contributed by atoms with Crippen molar-refractivity contribution in [3.63, 3.8) is 0 Å². The number of halogens is 1. The van der Waals surface area contributed by atoms with Crippen molar-refractivity contribution in [2.75, 3.05) is 18.6 Å². The molecule has 1 unspecified atom stereocenters. The minimum atomic E-state index is -1.20. The third-order valence-electron chi connectivity index (χ3n) is 6.61. The predicted molar refractivity (Wildman–Crippen MR) is 113 cm³/mol. The van der Waals surface area contributed by atoms with Crippen LogP contribution in [0.3, 0.4) is 0 Å². The Kier molecular flexibility index (Phi) is 4.58. The Morgan fingerprint density at radius 1 is 1.26 bits per heavy atom. The Bertz CT molecular complexity index is 1090. The first-order chi connectivity index (χ1) is 14.8. The minimum absolute atomic E-state index is 0.0813. The number of hydrogen-bond acceptors (Lipinski definition) is 5. The zero-order chi connectivity index (χ0) is 22.0. The number of nitrogens with zero attached hydrogens (tertiary/aromatic N) is 2. The van der Waals surface area contributed by atoms with Crippen molar-refractivity contribution in [1.29, 1.82) is 0 Å². The van der Waals surface area contributed by atoms with Gasteiger partial charge in [0, 0.05) is 54.2 Å². The number of ketones is 1. The van der Waals surface area contributed by atoms with Gasteiger partial charge in [-0.1, -0.05) is 0 Å². The molecule has 1 saturated carbocycles. The monoisotopic (exact) mass is 427 g/mol. The van der Waals surface area contributed by atoms with Crippen LogP contribution >= 0.6 is 0 Å². The van der Waals surface area contributed by atoms with Crippen LogP contribution in [-0.4, -0.2) is 47.2 Å². The predicted octanol–water partition coefficient (Wildman–Crippen LogP) is 3.22. The molecule has 1 aromatic heterocycles. The highest BCUT2D eigenvalue weighted by atomic mass is 19.1. The van der Waals surface area contributed by atoms with Gasteiger partial charge in [0.05, 0.1) is 18.4 Å². The smallest absolute Gasteiger partial charge is 0.316 e. The summed E-state index contributed by atoms with van der Waals surface area (Å²) in [6, 6.07) is 3.73. The van der Waals surface area contributed by atoms with Gasteiger partial charge in [-0.05, 0) is 38.8 Å². The Balaban J connectivity index is 1.70. The van der Waals surface area contributed by atoms with Crippen LogP contribution in [0.15, 0.2) is 18.3 Å². The van der Waals surface area contributed by atoms with E-state index in [0.29, 0.717) is 28.6 Å². The number of anilines is 1. The molecule has 0 bridgehead atoms. The lowest BCUT2D eigenvalue weighted by atomic mass is 9.88. The molecule has 2 aromatic rings. The van der Waals surface area contributed by atoms with Gasteiger partial charge >= 0.3 is 5.97 Å². The van der Waals surface area contributed by atoms with E-state index in [2.05, 4.69) is 23.7 Å². The van der Waals surface area contributed by atoms with Crippen LogP contribution in [0.4, 0.5) is 10.1 Å². The first kappa shape index (κ1) is 20.1. The number of hydrogen-bond donors (Lipinski definition) is 2. The molecule has 7 nitrogen and oxygen atoms in total. The second kappa shape index (κ2) is 7.09. The molecular weight excluding hydrogens is 401 g/mol. The summed E-state index contributed by atoms with van der Waals surface area (Å²) in [6.45, 7) is 5.04. The van der Waals surface area contributed by atoms with Gasteiger partial charge in [0.2, 0.25) is 0 Å². The van der Waals surface area contributed by atoms with E-state index in [-0.39, 0.29) is 24.2 Å². The van der Waals surface area contributed by atoms with Crippen molar-refractivity contribution in [3.05, 3.63) is 35.4 Å². The van der Waals surface area contributed by atoms with Gasteiger partial charge in [0.1, 0.15) is 11.7 Å². The molecule has 2 N–H and O–H groups in total. The standard InChI is InChI=1S/C23H26FN3O4/c1-11-8-26-9-13(6-18(26)12(2)25-11)19-17(24)7-15-20(22(19)31-3)27(14-4-5-14)10-16(21(15)28)23(29)30/h6-7,9,11-12,14,16,25H,4-5,8,10H2,1-3H3,(H,29,30)/t11-,12+,16?/m0/s1. The third kappa shape index (κ3) is 3.12. The fourth-order valence-electron chi connectivity index (χ4n) is 5.07. The molecule has 8 heteroatoms. The van der Waals surface area contributed by atoms with Crippen LogP contribution in [0.2, 0.25) is 0 Å². The zero-order valence-electron chi connectivity index (χ0n) is 17.8. The molecule has 0 saturated heterocycles. The molecule has 1 aliphatic carbocycles. The van der Waals surface area contributed by atoms with E-state index in [1.54, 1.807) is 0 Å². The summed E-state index contributed by atoms with van der Waals surface area (Å²) in [6.07, 6.45) is 3.76. The highest BCUT2D eigenvalue weighted by molar-refractivity contribution is 6.15. The Morgan fingerprint density at radius 2 is 2.00 bits per heavy atom. The van der Waals surface area contributed by atoms with Crippen LogP contribution in [0.1, 0.15) is 48.8 Å². The maximum absolute atomic E-state index is 15.5. The number of ether oxygens (including phenoxy) is 1. The summed E-state index contributed by atoms with van der Waals surface area (Å²) in [7, 11) is 1.47. The fourth-order valence-corrected chi connectivity index (χ4v) is 5.07. The quantitative estimate of drug-likeness (QED) is 0.729. The summed E-state index contributed by atoms with van der Waals surface area (Å²) < 4.78 is 23.3. The Labute approximate surface area is 179 Å². The lowest BCUT2D eigenvalue weighted by Gasteiger charge is -2.35. The maximum atomic E-state index is 15.5. The number of nitrogens with one attached hydrogen (secondary N) is 1. The number of carboxylic acid groups (broad SMARTS) is 1. The topological polar surface area (TPSA) is 83.8 Å². The lowest BCUT2D eigenvalue weighted by molar-refractivity contribution is -0.139. The van der Waals surface area contributed by atoms with Gasteiger partial charge in [-0.15, -0.1) is 0 Å². The zero-order valence-corrected chi connectivity index (χ0v) is 17.8. The third-order valence-corrected chi connectivity index (χ3v) is 6.61. The molecule has 5 rings (SSSR count). The van der Waals surface area contributed by atoms with Gasteiger partial charge in [0.15, 0.2) is 11.5 Å². The minimum Gasteiger partial charge on any atom is -0.494 e. The molecule has 164 valence electrons. The average molecular weight is 427 g/mol. The van der Waals surface area contributed by atoms with Crippen LogP contribution < -0.4 is 15.0 Å². The first-order valence-corrected chi connectivity index (χ1v) is 10.7. The molecular formula is C23H26FN3O4. The molecule has 2 aliphatic heterocycles. The van der Waals surface area contributed by atoms with Gasteiger partial charge in [0.25, 0.3) is 0 Å². The number of rotatable bonds is 4. The SMILES string of the molecule is COc1c(-c2cc3n(c2)C[C@H](C)N[C@@H]3C)c(F)cc2c1N(C1CC1)CC(C(=O)O)C2=O. The second-order valence-corrected chi connectivity index (χ2v) is 8.90. The highest BCUT2D eigenvalue weighted by Crippen LogP contribution is 2.49. The van der Waals surface area contributed by atoms with Gasteiger partial charge in [-0.3, -0.25) is 9.59 Å². The van der Waals surface area contributed by atoms with Crippen LogP contribution in [0.25, 0.3) is 11.1 Å². The van der Waals surface area contributed by atoms with Crippen LogP contribution in [-0.2, 0) is 11.3 Å². The van der Waals surface area contributed by atoms with Crippen molar-refractivity contribution < 1.29 is 23.8 Å². The molecule has 3 heterocycles. The van der Waals surface area contributed by atoms with Crippen molar-refractivity contribution in [2.45, 2.75) is 51.4 Å². The largest absolute Gasteiger partial charge is 0.494 e. The molecule has 31 heavy (non-hydrogen) atoms. The van der Waals surface area contributed by atoms with Crippen molar-refractivity contribution >= 4 is 17.4 Å². The van der Waals surface area contributed by atoms with E-state index in [9.17, 15) is 14.7 Å². The van der Waals surface area contributed by atoms with E-state index >= 15 is 4.39 Å². The number of benzene rings is 1. The molecule has 3 atom stereocenters. The lowest BCUT2D eigenvalue weighted by Crippen LogP contribution is -2.44. The summed E-state index contributed by atoms with van der Waals surface area (Å²) in [4.78, 5) is 26.5. The number of carboxylic acids is 1. The normalized spacial score (nSPS) is 25.2. The summed E-state index contributed by atoms with van der Waals surface area (Å²) in [5.74, 6) is -3.22. The number of carbonyl (C=O) groups is 2. The molecule has 0 amide bonds. The fraction of sp³-hybridized carbons (Fsp3) is 0.478. The van der Waals surface area contributed by atoms with E-state index < -0.39 is 23.5 Å². The summed E-state index contributed by atoms with van der Waals surface area (Å²) in [5, 5.41) is 13.0. The molecule has 1 fully saturated rings. The van der Waals surface area contributed by atoms with Crippen molar-refractivity contribution in [2.24, 2.45) is 5.92 Å². The first-order valence-electron chi connectivity index (χ1n) is 10.7. The second-order valence-electron chi connectivity index (χ2n) is 8.90. The number of aliphatic carboxylic acids is 1. The Hall–Kier alpha value is -2.87. The summed E-state index contributed by atoms with van der Waals surface area (Å²) >= 11 is 0. The van der Waals surface area contributed by atoms with Crippen molar-refractivity contribution in [3.8, 4) is 16.9 Å². The number of Topliss-reactive ketones (excluding diaryl/α,β-unsaturated/α-hetero) is 1. The van der Waals surface area contributed by atoms with E-state index in [4.69, 9.17) is 4.74 Å². The number of aromatic nitrogens is 1. The molecule has 1 aromatic carbocycles.